The number of hydrogen-bond acceptors (Lipinski definition) is 6. The van der Waals surface area contributed by atoms with Crippen molar-refractivity contribution in [2.24, 2.45) is 0 Å². The van der Waals surface area contributed by atoms with Gasteiger partial charge in [0.1, 0.15) is 13.2 Å². The summed E-state index contributed by atoms with van der Waals surface area (Å²) in [5.41, 5.74) is 0. The summed E-state index contributed by atoms with van der Waals surface area (Å²) in [5.74, 6) is -0.902. The Morgan fingerprint density at radius 1 is 0.328 bits per heavy atom. The van der Waals surface area contributed by atoms with Crippen LogP contribution in [0.15, 0.2) is 48.6 Å². The van der Waals surface area contributed by atoms with Gasteiger partial charge in [-0.15, -0.1) is 0 Å². The van der Waals surface area contributed by atoms with E-state index in [1.807, 2.05) is 0 Å². The van der Waals surface area contributed by atoms with Crippen molar-refractivity contribution in [2.75, 3.05) is 13.2 Å². The minimum Gasteiger partial charge on any atom is -0.462 e. The van der Waals surface area contributed by atoms with Crippen LogP contribution in [0.5, 0.6) is 0 Å². The van der Waals surface area contributed by atoms with Crippen LogP contribution in [-0.2, 0) is 28.6 Å². The lowest BCUT2D eigenvalue weighted by Crippen LogP contribution is -2.30. The monoisotopic (exact) mass is 855 g/mol. The maximum absolute atomic E-state index is 12.8. The molecule has 61 heavy (non-hydrogen) atoms. The van der Waals surface area contributed by atoms with Gasteiger partial charge in [-0.3, -0.25) is 14.4 Å². The normalized spacial score (nSPS) is 12.4. The molecule has 0 aromatic heterocycles. The Bertz CT molecular complexity index is 1070. The highest BCUT2D eigenvalue weighted by Crippen LogP contribution is 2.15. The lowest BCUT2D eigenvalue weighted by Gasteiger charge is -2.18. The fourth-order valence-electron chi connectivity index (χ4n) is 7.30. The molecule has 0 fully saturated rings. The van der Waals surface area contributed by atoms with Crippen LogP contribution in [0.1, 0.15) is 265 Å². The minimum absolute atomic E-state index is 0.0811. The molecule has 0 saturated heterocycles. The highest BCUT2D eigenvalue weighted by molar-refractivity contribution is 5.71. The molecule has 0 aliphatic rings. The Morgan fingerprint density at radius 2 is 0.607 bits per heavy atom. The Balaban J connectivity index is 4.40. The van der Waals surface area contributed by atoms with E-state index >= 15 is 0 Å². The van der Waals surface area contributed by atoms with Crippen molar-refractivity contribution in [2.45, 2.75) is 271 Å². The van der Waals surface area contributed by atoms with Gasteiger partial charge in [-0.1, -0.05) is 223 Å². The number of esters is 3. The van der Waals surface area contributed by atoms with Crippen molar-refractivity contribution in [1.82, 2.24) is 0 Å². The number of allylic oxidation sites excluding steroid dienone is 8. The summed E-state index contributed by atoms with van der Waals surface area (Å²) in [6.07, 6.45) is 59.4. The smallest absolute Gasteiger partial charge is 0.306 e. The van der Waals surface area contributed by atoms with Crippen LogP contribution >= 0.6 is 0 Å². The van der Waals surface area contributed by atoms with E-state index in [1.165, 1.54) is 122 Å². The van der Waals surface area contributed by atoms with E-state index in [-0.39, 0.29) is 31.1 Å². The molecule has 1 atom stereocenters. The van der Waals surface area contributed by atoms with Gasteiger partial charge in [0, 0.05) is 19.3 Å². The standard InChI is InChI=1S/C55H98O6/c1-4-7-10-13-16-19-22-25-28-31-33-36-39-42-45-48-54(57)60-51-52(61-55(58)49-46-43-40-37-34-30-27-24-21-18-15-12-9-6-3)50-59-53(56)47-44-41-38-35-32-29-26-23-20-17-14-11-8-5-2/h14-15,17-18,23-24,26-27,52H,4-13,16,19-22,25,28-51H2,1-3H3/b17-14+,18-15+,26-23+,27-24+/t52-/m1/s1. The molecule has 0 N–H and O–H groups in total. The number of unbranched alkanes of at least 4 members (excludes halogenated alkanes) is 28. The molecular weight excluding hydrogens is 757 g/mol. The Hall–Kier alpha value is -2.63. The SMILES string of the molecule is CCCC/C=C/C/C=C/CCCCCCCC(=O)OC[C@H](COC(=O)CCCCCCCCCCCCCCCCC)OC(=O)CCCCCCC/C=C/C/C=C/CCCC. The van der Waals surface area contributed by atoms with Gasteiger partial charge in [0.25, 0.3) is 0 Å². The second-order valence-corrected chi connectivity index (χ2v) is 17.4. The largest absolute Gasteiger partial charge is 0.462 e. The molecule has 0 unspecified atom stereocenters. The third-order valence-electron chi connectivity index (χ3n) is 11.3. The summed E-state index contributed by atoms with van der Waals surface area (Å²) in [5, 5.41) is 0. The first-order chi connectivity index (χ1) is 30.0. The summed E-state index contributed by atoms with van der Waals surface area (Å²) in [6, 6.07) is 0. The predicted molar refractivity (Wildman–Crippen MR) is 261 cm³/mol. The third-order valence-corrected chi connectivity index (χ3v) is 11.3. The lowest BCUT2D eigenvalue weighted by atomic mass is 10.0. The van der Waals surface area contributed by atoms with Crippen molar-refractivity contribution in [3.63, 3.8) is 0 Å². The third kappa shape index (κ3) is 48.3. The Kier molecular flexibility index (Phi) is 47.9. The van der Waals surface area contributed by atoms with E-state index in [0.717, 1.165) is 103 Å². The van der Waals surface area contributed by atoms with Crippen molar-refractivity contribution >= 4 is 17.9 Å². The molecule has 6 heteroatoms. The summed E-state index contributed by atoms with van der Waals surface area (Å²) in [6.45, 7) is 6.55. The molecule has 0 rings (SSSR count). The average Bonchev–Trinajstić information content (AvgIpc) is 3.26. The van der Waals surface area contributed by atoms with Crippen molar-refractivity contribution in [3.05, 3.63) is 48.6 Å². The van der Waals surface area contributed by atoms with E-state index < -0.39 is 6.10 Å². The Labute approximate surface area is 378 Å². The van der Waals surface area contributed by atoms with Crippen LogP contribution in [0.2, 0.25) is 0 Å². The van der Waals surface area contributed by atoms with Crippen molar-refractivity contribution in [3.8, 4) is 0 Å². The number of carbonyl (C=O) groups excluding carboxylic acids is 3. The van der Waals surface area contributed by atoms with Gasteiger partial charge >= 0.3 is 17.9 Å². The van der Waals surface area contributed by atoms with Crippen LogP contribution in [0.25, 0.3) is 0 Å². The zero-order chi connectivity index (χ0) is 44.4. The summed E-state index contributed by atoms with van der Waals surface area (Å²) in [4.78, 5) is 38.0. The van der Waals surface area contributed by atoms with Crippen LogP contribution < -0.4 is 0 Å². The van der Waals surface area contributed by atoms with E-state index in [4.69, 9.17) is 14.2 Å². The molecule has 0 aliphatic carbocycles. The Morgan fingerprint density at radius 3 is 0.951 bits per heavy atom. The summed E-state index contributed by atoms with van der Waals surface area (Å²) >= 11 is 0. The second-order valence-electron chi connectivity index (χ2n) is 17.4. The highest BCUT2D eigenvalue weighted by atomic mass is 16.6. The van der Waals surface area contributed by atoms with Gasteiger partial charge < -0.3 is 14.2 Å². The topological polar surface area (TPSA) is 78.9 Å². The first kappa shape index (κ1) is 58.4. The molecule has 6 nitrogen and oxygen atoms in total. The summed E-state index contributed by atoms with van der Waals surface area (Å²) < 4.78 is 16.8. The molecule has 0 amide bonds. The van der Waals surface area contributed by atoms with Gasteiger partial charge in [-0.2, -0.15) is 0 Å². The van der Waals surface area contributed by atoms with Gasteiger partial charge in [0.15, 0.2) is 6.10 Å². The number of ether oxygens (including phenoxy) is 3. The molecule has 0 radical (unpaired) electrons. The second kappa shape index (κ2) is 50.0. The van der Waals surface area contributed by atoms with Crippen LogP contribution in [0.3, 0.4) is 0 Å². The van der Waals surface area contributed by atoms with Gasteiger partial charge in [-0.25, -0.2) is 0 Å². The predicted octanol–water partition coefficient (Wildman–Crippen LogP) is 17.1. The molecule has 0 saturated carbocycles. The van der Waals surface area contributed by atoms with E-state index in [1.54, 1.807) is 0 Å². The number of hydrogen-bond donors (Lipinski definition) is 0. The van der Waals surface area contributed by atoms with Crippen molar-refractivity contribution in [1.29, 1.82) is 0 Å². The zero-order valence-electron chi connectivity index (χ0n) is 40.4. The van der Waals surface area contributed by atoms with Gasteiger partial charge in [0.2, 0.25) is 0 Å². The average molecular weight is 855 g/mol. The molecule has 0 aliphatic heterocycles. The van der Waals surface area contributed by atoms with Crippen molar-refractivity contribution < 1.29 is 28.6 Å². The van der Waals surface area contributed by atoms with E-state index in [9.17, 15) is 14.4 Å². The summed E-state index contributed by atoms with van der Waals surface area (Å²) in [7, 11) is 0. The molecule has 354 valence electrons. The maximum Gasteiger partial charge on any atom is 0.306 e. The number of carbonyl (C=O) groups is 3. The molecule has 0 aromatic rings. The number of rotatable bonds is 47. The van der Waals surface area contributed by atoms with Gasteiger partial charge in [0.05, 0.1) is 0 Å². The van der Waals surface area contributed by atoms with Crippen LogP contribution in [0, 0.1) is 0 Å². The highest BCUT2D eigenvalue weighted by Gasteiger charge is 2.19. The van der Waals surface area contributed by atoms with Crippen LogP contribution in [-0.4, -0.2) is 37.2 Å². The first-order valence-corrected chi connectivity index (χ1v) is 26.1. The molecule has 0 aromatic carbocycles. The quantitative estimate of drug-likeness (QED) is 0.0263. The minimum atomic E-state index is -0.783. The van der Waals surface area contributed by atoms with E-state index in [2.05, 4.69) is 69.4 Å². The maximum atomic E-state index is 12.8. The van der Waals surface area contributed by atoms with Crippen LogP contribution in [0.4, 0.5) is 0 Å². The van der Waals surface area contributed by atoms with E-state index in [0.29, 0.717) is 19.3 Å². The molecular formula is C55H98O6. The lowest BCUT2D eigenvalue weighted by molar-refractivity contribution is -0.167. The molecule has 0 heterocycles. The fourth-order valence-corrected chi connectivity index (χ4v) is 7.30. The molecule has 0 bridgehead atoms. The molecule has 0 spiro atoms. The fraction of sp³-hybridized carbons (Fsp3) is 0.800. The first-order valence-electron chi connectivity index (χ1n) is 26.1. The van der Waals surface area contributed by atoms with Gasteiger partial charge in [-0.05, 0) is 70.6 Å². The zero-order valence-corrected chi connectivity index (χ0v) is 40.4.